The van der Waals surface area contributed by atoms with E-state index in [4.69, 9.17) is 16.0 Å². The summed E-state index contributed by atoms with van der Waals surface area (Å²) in [6.45, 7) is -0.0316. The van der Waals surface area contributed by atoms with E-state index < -0.39 is 36.0 Å². The largest absolute Gasteiger partial charge is 0.463 e. The molecule has 0 aliphatic carbocycles. The second-order valence-electron chi connectivity index (χ2n) is 7.18. The summed E-state index contributed by atoms with van der Waals surface area (Å²) in [4.78, 5) is 21.3. The van der Waals surface area contributed by atoms with E-state index in [1.807, 2.05) is 0 Å². The summed E-state index contributed by atoms with van der Waals surface area (Å²) >= 11 is 5.86. The van der Waals surface area contributed by atoms with Crippen molar-refractivity contribution in [1.29, 1.82) is 0 Å². The number of benzene rings is 1. The fourth-order valence-corrected chi connectivity index (χ4v) is 3.10. The third kappa shape index (κ3) is 7.11. The van der Waals surface area contributed by atoms with Crippen molar-refractivity contribution in [3.63, 3.8) is 0 Å². The number of rotatable bonds is 6. The predicted molar refractivity (Wildman–Crippen MR) is 114 cm³/mol. The van der Waals surface area contributed by atoms with Gasteiger partial charge < -0.3 is 8.83 Å². The molecular weight excluding hydrogens is 518 g/mol. The first kappa shape index (κ1) is 26.8. The number of carbonyl (C=O) groups is 2. The van der Waals surface area contributed by atoms with Crippen molar-refractivity contribution in [1.82, 2.24) is 9.78 Å². The van der Waals surface area contributed by atoms with Crippen molar-refractivity contribution in [3.05, 3.63) is 89.2 Å². The van der Waals surface area contributed by atoms with E-state index in [2.05, 4.69) is 9.52 Å². The molecule has 0 amide bonds. The number of hydrogen-bond acceptors (Lipinski definition) is 5. The maximum Gasteiger partial charge on any atom is 0.450 e. The molecule has 4 aromatic rings. The molecule has 13 heteroatoms. The number of halogens is 7. The molecule has 0 aliphatic rings. The summed E-state index contributed by atoms with van der Waals surface area (Å²) in [5.41, 5.74) is -0.0645. The summed E-state index contributed by atoms with van der Waals surface area (Å²) in [7, 11) is 0. The van der Waals surface area contributed by atoms with Crippen LogP contribution in [0.15, 0.2) is 76.0 Å². The Kier molecular flexibility index (Phi) is 8.08. The number of Topliss-reactive ketones (excluding diaryl/α,β-unsaturated/α-hetero) is 2. The van der Waals surface area contributed by atoms with Crippen LogP contribution in [0.25, 0.3) is 11.5 Å². The summed E-state index contributed by atoms with van der Waals surface area (Å²) < 4.78 is 85.2. The van der Waals surface area contributed by atoms with Crippen LogP contribution < -0.4 is 0 Å². The summed E-state index contributed by atoms with van der Waals surface area (Å²) in [6, 6.07) is 13.3. The van der Waals surface area contributed by atoms with Crippen LogP contribution in [0.1, 0.15) is 28.2 Å². The van der Waals surface area contributed by atoms with Gasteiger partial charge in [0.15, 0.2) is 11.5 Å². The van der Waals surface area contributed by atoms with E-state index >= 15 is 0 Å². The molecule has 36 heavy (non-hydrogen) atoms. The highest BCUT2D eigenvalue weighted by atomic mass is 35.5. The molecule has 0 saturated heterocycles. The first-order valence-corrected chi connectivity index (χ1v) is 10.3. The minimum Gasteiger partial charge on any atom is -0.463 e. The molecule has 0 saturated carbocycles. The minimum atomic E-state index is -4.97. The second-order valence-corrected chi connectivity index (χ2v) is 7.61. The van der Waals surface area contributed by atoms with Gasteiger partial charge in [-0.2, -0.15) is 31.4 Å². The second kappa shape index (κ2) is 10.9. The van der Waals surface area contributed by atoms with E-state index in [-0.39, 0.29) is 23.8 Å². The first-order chi connectivity index (χ1) is 16.8. The van der Waals surface area contributed by atoms with Gasteiger partial charge in [-0.25, -0.2) is 0 Å². The van der Waals surface area contributed by atoms with Crippen LogP contribution in [0.3, 0.4) is 0 Å². The average Bonchev–Trinajstić information content (AvgIpc) is 3.54. The van der Waals surface area contributed by atoms with Crippen LogP contribution in [-0.2, 0) is 17.5 Å². The van der Waals surface area contributed by atoms with Gasteiger partial charge in [-0.05, 0) is 48.0 Å². The van der Waals surface area contributed by atoms with Crippen LogP contribution in [-0.4, -0.2) is 27.5 Å². The Labute approximate surface area is 204 Å². The molecule has 3 aromatic heterocycles. The Balaban J connectivity index is 0.000000223. The van der Waals surface area contributed by atoms with E-state index in [0.29, 0.717) is 10.6 Å². The molecule has 190 valence electrons. The Bertz CT molecular complexity index is 1310. The molecule has 0 spiro atoms. The molecule has 0 radical (unpaired) electrons. The van der Waals surface area contributed by atoms with Crippen LogP contribution in [0.4, 0.5) is 26.3 Å². The van der Waals surface area contributed by atoms with Crippen molar-refractivity contribution in [2.75, 3.05) is 0 Å². The maximum absolute atomic E-state index is 13.2. The van der Waals surface area contributed by atoms with Crippen molar-refractivity contribution >= 4 is 23.2 Å². The average molecular weight is 533 g/mol. The van der Waals surface area contributed by atoms with Crippen molar-refractivity contribution < 1.29 is 44.8 Å². The Hall–Kier alpha value is -3.80. The normalized spacial score (nSPS) is 11.6. The van der Waals surface area contributed by atoms with E-state index in [0.717, 1.165) is 17.0 Å². The fourth-order valence-electron chi connectivity index (χ4n) is 2.89. The summed E-state index contributed by atoms with van der Waals surface area (Å²) in [6.07, 6.45) is -8.15. The van der Waals surface area contributed by atoms with Crippen LogP contribution >= 0.6 is 11.6 Å². The van der Waals surface area contributed by atoms with Gasteiger partial charge in [0.05, 0.1) is 25.5 Å². The number of alkyl halides is 6. The van der Waals surface area contributed by atoms with Crippen molar-refractivity contribution in [2.45, 2.75) is 25.3 Å². The number of carbonyl (C=O) groups excluding carboxylic acids is 2. The standard InChI is InChI=1S/C15H10ClF3N2O.C8H5F3O3/c16-11-4-1-3-10(7-11)9-21-14(15(17,18)19)8-12(20-21)13-5-2-6-22-13;9-8(10,11)7(13)4-5(12)6-2-1-3-14-6/h1-8H,9H2;1-3H,4H2. The van der Waals surface area contributed by atoms with Crippen LogP contribution in [0.5, 0.6) is 0 Å². The third-order valence-corrected chi connectivity index (χ3v) is 4.73. The van der Waals surface area contributed by atoms with Gasteiger partial charge in [-0.1, -0.05) is 23.7 Å². The van der Waals surface area contributed by atoms with Gasteiger partial charge in [0.25, 0.3) is 0 Å². The third-order valence-electron chi connectivity index (χ3n) is 4.50. The molecule has 0 bridgehead atoms. The van der Waals surface area contributed by atoms with Gasteiger partial charge >= 0.3 is 12.4 Å². The number of furan rings is 2. The molecular formula is C23H15ClF6N2O4. The molecule has 0 fully saturated rings. The molecule has 0 N–H and O–H groups in total. The SMILES string of the molecule is FC(F)(F)c1cc(-c2ccco2)nn1Cc1cccc(Cl)c1.O=C(CC(=O)C(F)(F)F)c1ccco1. The van der Waals surface area contributed by atoms with E-state index in [9.17, 15) is 35.9 Å². The van der Waals surface area contributed by atoms with Gasteiger partial charge in [0.1, 0.15) is 11.4 Å². The molecule has 0 aliphatic heterocycles. The predicted octanol–water partition coefficient (Wildman–Crippen LogP) is 6.85. The lowest BCUT2D eigenvalue weighted by Gasteiger charge is -2.10. The smallest absolute Gasteiger partial charge is 0.450 e. The quantitative estimate of drug-likeness (QED) is 0.154. The zero-order valence-electron chi connectivity index (χ0n) is 17.9. The molecule has 0 unspecified atom stereocenters. The zero-order valence-corrected chi connectivity index (χ0v) is 18.7. The molecule has 3 heterocycles. The molecule has 4 rings (SSSR count). The highest BCUT2D eigenvalue weighted by Crippen LogP contribution is 2.33. The monoisotopic (exact) mass is 532 g/mol. The lowest BCUT2D eigenvalue weighted by Crippen LogP contribution is -2.25. The fraction of sp³-hybridized carbons (Fsp3) is 0.174. The summed E-state index contributed by atoms with van der Waals surface area (Å²) in [5.74, 6) is -3.01. The van der Waals surface area contributed by atoms with Gasteiger partial charge in [0.2, 0.25) is 11.6 Å². The van der Waals surface area contributed by atoms with Gasteiger partial charge in [-0.15, -0.1) is 0 Å². The highest BCUT2D eigenvalue weighted by Gasteiger charge is 2.39. The molecule has 0 atom stereocenters. The lowest BCUT2D eigenvalue weighted by molar-refractivity contribution is -0.170. The maximum atomic E-state index is 13.2. The van der Waals surface area contributed by atoms with Crippen molar-refractivity contribution in [3.8, 4) is 11.5 Å². The molecule has 6 nitrogen and oxygen atoms in total. The Morgan fingerprint density at radius 3 is 2.17 bits per heavy atom. The number of hydrogen-bond donors (Lipinski definition) is 0. The first-order valence-electron chi connectivity index (χ1n) is 9.94. The topological polar surface area (TPSA) is 78.2 Å². The Morgan fingerprint density at radius 2 is 1.61 bits per heavy atom. The number of nitrogens with zero attached hydrogens (tertiary/aromatic N) is 2. The highest BCUT2D eigenvalue weighted by molar-refractivity contribution is 6.30. The van der Waals surface area contributed by atoms with E-state index in [1.54, 1.807) is 36.4 Å². The zero-order chi connectivity index (χ0) is 26.5. The number of ketones is 2. The van der Waals surface area contributed by atoms with Crippen molar-refractivity contribution in [2.24, 2.45) is 0 Å². The van der Waals surface area contributed by atoms with Gasteiger partial charge in [-0.3, -0.25) is 14.3 Å². The van der Waals surface area contributed by atoms with Crippen LogP contribution in [0, 0.1) is 0 Å². The van der Waals surface area contributed by atoms with Gasteiger partial charge in [0, 0.05) is 5.02 Å². The Morgan fingerprint density at radius 1 is 0.917 bits per heavy atom. The molecule has 1 aromatic carbocycles. The number of aromatic nitrogens is 2. The van der Waals surface area contributed by atoms with E-state index in [1.165, 1.54) is 18.4 Å². The minimum absolute atomic E-state index is 0.0316. The lowest BCUT2D eigenvalue weighted by atomic mass is 10.1. The van der Waals surface area contributed by atoms with Crippen LogP contribution in [0.2, 0.25) is 5.02 Å². The summed E-state index contributed by atoms with van der Waals surface area (Å²) in [5, 5.41) is 4.47.